The van der Waals surface area contributed by atoms with E-state index in [-0.39, 0.29) is 55.2 Å². The van der Waals surface area contributed by atoms with Gasteiger partial charge in [0.25, 0.3) is 11.8 Å². The number of fused-ring (bicyclic) bond motifs is 1. The number of benzene rings is 2. The van der Waals surface area contributed by atoms with Gasteiger partial charge in [-0.15, -0.1) is 0 Å². The van der Waals surface area contributed by atoms with Crippen molar-refractivity contribution in [2.24, 2.45) is 0 Å². The maximum atomic E-state index is 14.4. The number of sulfone groups is 1. The Balaban J connectivity index is 1.44. The number of halogens is 3. The molecule has 5 rings (SSSR count). The molecule has 0 N–H and O–H groups in total. The lowest BCUT2D eigenvalue weighted by Gasteiger charge is -2.35. The molecule has 196 valence electrons. The van der Waals surface area contributed by atoms with Crippen LogP contribution >= 0.6 is 0 Å². The standard InChI is InChI=1S/C26H27F3N4O3S/c1-3-37(35,36)19-5-7-23(31-10-8-26(28,29)9-11-31)20(13-19)25(34)32-14-18-15-33(30-22(18)16-32)24-12-17(2)4-6-21(24)27/h4-7,12-13,15H,3,8-11,14,16H2,1-2H3. The molecular weight excluding hydrogens is 505 g/mol. The number of hydrogen-bond donors (Lipinski definition) is 0. The first kappa shape index (κ1) is 25.3. The lowest BCUT2D eigenvalue weighted by Crippen LogP contribution is -2.40. The second kappa shape index (κ2) is 9.20. The Kier molecular flexibility index (Phi) is 6.29. The van der Waals surface area contributed by atoms with Crippen LogP contribution in [0.25, 0.3) is 5.69 Å². The first-order chi connectivity index (χ1) is 17.5. The van der Waals surface area contributed by atoms with Crippen molar-refractivity contribution in [3.63, 3.8) is 0 Å². The van der Waals surface area contributed by atoms with Gasteiger partial charge in [-0.3, -0.25) is 4.79 Å². The highest BCUT2D eigenvalue weighted by atomic mass is 32.2. The largest absolute Gasteiger partial charge is 0.370 e. The van der Waals surface area contributed by atoms with Crippen molar-refractivity contribution in [3.05, 3.63) is 70.8 Å². The number of hydrogen-bond acceptors (Lipinski definition) is 5. The average Bonchev–Trinajstić information content (AvgIpc) is 3.44. The van der Waals surface area contributed by atoms with E-state index in [0.29, 0.717) is 17.1 Å². The smallest absolute Gasteiger partial charge is 0.256 e. The van der Waals surface area contributed by atoms with Gasteiger partial charge < -0.3 is 9.80 Å². The Morgan fingerprint density at radius 2 is 1.78 bits per heavy atom. The van der Waals surface area contributed by atoms with Gasteiger partial charge in [-0.25, -0.2) is 26.3 Å². The quantitative estimate of drug-likeness (QED) is 0.484. The summed E-state index contributed by atoms with van der Waals surface area (Å²) in [5.41, 5.74) is 3.16. The zero-order valence-corrected chi connectivity index (χ0v) is 21.4. The number of carbonyl (C=O) groups is 1. The number of aryl methyl sites for hydroxylation is 1. The van der Waals surface area contributed by atoms with Crippen molar-refractivity contribution in [2.45, 2.75) is 50.6 Å². The Hall–Kier alpha value is -3.34. The molecule has 1 saturated heterocycles. The van der Waals surface area contributed by atoms with Crippen LogP contribution in [0.1, 0.15) is 46.9 Å². The Bertz CT molecular complexity index is 1450. The molecule has 0 aliphatic carbocycles. The van der Waals surface area contributed by atoms with Crippen LogP contribution in [0.2, 0.25) is 0 Å². The molecule has 0 spiro atoms. The molecule has 0 bridgehead atoms. The van der Waals surface area contributed by atoms with Crippen LogP contribution in [0.15, 0.2) is 47.5 Å². The summed E-state index contributed by atoms with van der Waals surface area (Å²) in [4.78, 5) is 16.9. The number of piperidine rings is 1. The summed E-state index contributed by atoms with van der Waals surface area (Å²) in [6.45, 7) is 3.87. The molecular formula is C26H27F3N4O3S. The molecule has 0 radical (unpaired) electrons. The number of alkyl halides is 2. The third kappa shape index (κ3) is 4.84. The minimum absolute atomic E-state index is 0.0153. The molecule has 37 heavy (non-hydrogen) atoms. The number of amides is 1. The van der Waals surface area contributed by atoms with E-state index in [4.69, 9.17) is 0 Å². The van der Waals surface area contributed by atoms with Crippen molar-refractivity contribution in [3.8, 4) is 5.69 Å². The molecule has 0 saturated carbocycles. The lowest BCUT2D eigenvalue weighted by molar-refractivity contribution is -0.0220. The van der Waals surface area contributed by atoms with Crippen LogP contribution in [0.4, 0.5) is 18.9 Å². The fourth-order valence-corrected chi connectivity index (χ4v) is 5.69. The van der Waals surface area contributed by atoms with Gasteiger partial charge in [0, 0.05) is 49.9 Å². The summed E-state index contributed by atoms with van der Waals surface area (Å²) in [6.07, 6.45) is 1.01. The molecule has 11 heteroatoms. The minimum Gasteiger partial charge on any atom is -0.370 e. The van der Waals surface area contributed by atoms with Crippen molar-refractivity contribution in [1.82, 2.24) is 14.7 Å². The third-order valence-corrected chi connectivity index (χ3v) is 8.72. The molecule has 2 aliphatic heterocycles. The summed E-state index contributed by atoms with van der Waals surface area (Å²) in [5, 5.41) is 4.48. The van der Waals surface area contributed by atoms with Crippen LogP contribution in [0.3, 0.4) is 0 Å². The normalized spacial score (nSPS) is 17.2. The first-order valence-corrected chi connectivity index (χ1v) is 13.8. The fourth-order valence-electron chi connectivity index (χ4n) is 4.79. The van der Waals surface area contributed by atoms with E-state index in [1.54, 1.807) is 23.2 Å². The van der Waals surface area contributed by atoms with Crippen LogP contribution in [0, 0.1) is 12.7 Å². The maximum absolute atomic E-state index is 14.4. The van der Waals surface area contributed by atoms with Gasteiger partial charge >= 0.3 is 0 Å². The fraction of sp³-hybridized carbons (Fsp3) is 0.385. The summed E-state index contributed by atoms with van der Waals surface area (Å²) in [5.74, 6) is -3.71. The molecule has 1 amide bonds. The second-order valence-corrected chi connectivity index (χ2v) is 11.9. The Labute approximate surface area is 213 Å². The van der Waals surface area contributed by atoms with Gasteiger partial charge in [-0.1, -0.05) is 13.0 Å². The van der Waals surface area contributed by atoms with Gasteiger partial charge in [0.05, 0.1) is 28.5 Å². The van der Waals surface area contributed by atoms with Crippen molar-refractivity contribution in [2.75, 3.05) is 23.7 Å². The van der Waals surface area contributed by atoms with Gasteiger partial charge in [0.2, 0.25) is 0 Å². The third-order valence-electron chi connectivity index (χ3n) is 6.99. The van der Waals surface area contributed by atoms with E-state index in [9.17, 15) is 26.4 Å². The molecule has 1 aromatic heterocycles. The molecule has 0 atom stereocenters. The highest BCUT2D eigenvalue weighted by Gasteiger charge is 2.36. The molecule has 0 unspecified atom stereocenters. The first-order valence-electron chi connectivity index (χ1n) is 12.1. The Morgan fingerprint density at radius 3 is 2.46 bits per heavy atom. The highest BCUT2D eigenvalue weighted by molar-refractivity contribution is 7.91. The van der Waals surface area contributed by atoms with Crippen molar-refractivity contribution in [1.29, 1.82) is 0 Å². The number of anilines is 1. The average molecular weight is 533 g/mol. The maximum Gasteiger partial charge on any atom is 0.256 e. The minimum atomic E-state index is -3.59. The van der Waals surface area contributed by atoms with E-state index < -0.39 is 27.5 Å². The topological polar surface area (TPSA) is 75.5 Å². The molecule has 2 aliphatic rings. The summed E-state index contributed by atoms with van der Waals surface area (Å²) < 4.78 is 68.4. The Morgan fingerprint density at radius 1 is 1.05 bits per heavy atom. The number of rotatable bonds is 5. The molecule has 7 nitrogen and oxygen atoms in total. The second-order valence-electron chi connectivity index (χ2n) is 9.59. The van der Waals surface area contributed by atoms with E-state index in [2.05, 4.69) is 5.10 Å². The number of aromatic nitrogens is 2. The molecule has 3 heterocycles. The van der Waals surface area contributed by atoms with Crippen molar-refractivity contribution < 1.29 is 26.4 Å². The summed E-state index contributed by atoms with van der Waals surface area (Å²) in [7, 11) is -3.59. The molecule has 1 fully saturated rings. The highest BCUT2D eigenvalue weighted by Crippen LogP contribution is 2.35. The predicted molar refractivity (Wildman–Crippen MR) is 132 cm³/mol. The molecule has 3 aromatic rings. The summed E-state index contributed by atoms with van der Waals surface area (Å²) in [6, 6.07) is 9.05. The van der Waals surface area contributed by atoms with E-state index >= 15 is 0 Å². The SMILES string of the molecule is CCS(=O)(=O)c1ccc(N2CCC(F)(F)CC2)c(C(=O)N2Cc3cn(-c4cc(C)ccc4F)nc3C2)c1. The van der Waals surface area contributed by atoms with Crippen LogP contribution < -0.4 is 4.90 Å². The zero-order valence-electron chi connectivity index (χ0n) is 20.5. The summed E-state index contributed by atoms with van der Waals surface area (Å²) >= 11 is 0. The predicted octanol–water partition coefficient (Wildman–Crippen LogP) is 4.50. The monoisotopic (exact) mass is 532 g/mol. The van der Waals surface area contributed by atoms with Crippen LogP contribution in [-0.4, -0.2) is 53.8 Å². The van der Waals surface area contributed by atoms with Crippen LogP contribution in [-0.2, 0) is 22.9 Å². The van der Waals surface area contributed by atoms with Gasteiger partial charge in [-0.2, -0.15) is 5.10 Å². The van der Waals surface area contributed by atoms with Crippen LogP contribution in [0.5, 0.6) is 0 Å². The van der Waals surface area contributed by atoms with E-state index in [1.807, 2.05) is 6.92 Å². The van der Waals surface area contributed by atoms with Gasteiger partial charge in [-0.05, 0) is 42.8 Å². The van der Waals surface area contributed by atoms with E-state index in [0.717, 1.165) is 11.1 Å². The van der Waals surface area contributed by atoms with Crippen molar-refractivity contribution >= 4 is 21.4 Å². The number of carbonyl (C=O) groups excluding carboxylic acids is 1. The van der Waals surface area contributed by atoms with E-state index in [1.165, 1.54) is 40.8 Å². The molecule has 2 aromatic carbocycles. The van der Waals surface area contributed by atoms with Gasteiger partial charge in [0.15, 0.2) is 9.84 Å². The van der Waals surface area contributed by atoms with Gasteiger partial charge in [0.1, 0.15) is 11.5 Å². The lowest BCUT2D eigenvalue weighted by atomic mass is 10.0. The number of nitrogens with zero attached hydrogens (tertiary/aromatic N) is 4. The zero-order chi connectivity index (χ0) is 26.5.